The molecule has 6 heteroatoms. The topological polar surface area (TPSA) is 74.3 Å². The maximum atomic E-state index is 11.9. The molecule has 32 heavy (non-hydrogen) atoms. The van der Waals surface area contributed by atoms with E-state index in [2.05, 4.69) is 10.3 Å². The Bertz CT molecular complexity index is 1220. The van der Waals surface area contributed by atoms with Gasteiger partial charge in [-0.25, -0.2) is 0 Å². The number of aryl methyl sites for hydroxylation is 1. The summed E-state index contributed by atoms with van der Waals surface area (Å²) in [6, 6.07) is 20.7. The number of nitrogens with one attached hydrogen (secondary N) is 2. The predicted octanol–water partition coefficient (Wildman–Crippen LogP) is 5.49. The molecule has 0 saturated carbocycles. The van der Waals surface area contributed by atoms with E-state index >= 15 is 0 Å². The van der Waals surface area contributed by atoms with E-state index in [4.69, 9.17) is 16.3 Å². The Hall–Kier alpha value is -3.28. The zero-order valence-electron chi connectivity index (χ0n) is 17.8. The summed E-state index contributed by atoms with van der Waals surface area (Å²) in [7, 11) is 0. The Kier molecular flexibility index (Phi) is 6.78. The first-order valence-corrected chi connectivity index (χ1v) is 10.9. The van der Waals surface area contributed by atoms with Gasteiger partial charge in [-0.2, -0.15) is 0 Å². The lowest BCUT2D eigenvalue weighted by Gasteiger charge is -2.17. The lowest BCUT2D eigenvalue weighted by molar-refractivity contribution is -0.139. The van der Waals surface area contributed by atoms with Crippen LogP contribution in [0.4, 0.5) is 0 Å². The van der Waals surface area contributed by atoms with Crippen LogP contribution < -0.4 is 10.1 Å². The number of para-hydroxylation sites is 1. The van der Waals surface area contributed by atoms with Gasteiger partial charge in [-0.3, -0.25) is 10.1 Å². The number of rotatable bonds is 9. The summed E-state index contributed by atoms with van der Waals surface area (Å²) < 4.78 is 6.02. The van der Waals surface area contributed by atoms with Gasteiger partial charge in [-0.1, -0.05) is 59.6 Å². The van der Waals surface area contributed by atoms with E-state index in [1.807, 2.05) is 73.8 Å². The number of hydrogen-bond donors (Lipinski definition) is 3. The maximum Gasteiger partial charge on any atom is 0.321 e. The van der Waals surface area contributed by atoms with Crippen LogP contribution in [-0.2, 0) is 24.4 Å². The van der Waals surface area contributed by atoms with Crippen LogP contribution in [0.15, 0.2) is 72.9 Å². The molecule has 4 aromatic rings. The number of aliphatic carboxylic acids is 1. The molecule has 0 aliphatic carbocycles. The lowest BCUT2D eigenvalue weighted by atomic mass is 10.0. The highest BCUT2D eigenvalue weighted by Crippen LogP contribution is 2.25. The molecule has 4 rings (SSSR count). The molecule has 5 nitrogen and oxygen atoms in total. The van der Waals surface area contributed by atoms with Crippen LogP contribution in [0.5, 0.6) is 5.75 Å². The minimum absolute atomic E-state index is 0.323. The lowest BCUT2D eigenvalue weighted by Crippen LogP contribution is -2.38. The van der Waals surface area contributed by atoms with Gasteiger partial charge in [0.1, 0.15) is 18.4 Å². The highest BCUT2D eigenvalue weighted by molar-refractivity contribution is 6.30. The van der Waals surface area contributed by atoms with Gasteiger partial charge in [0.25, 0.3) is 0 Å². The molecule has 0 unspecified atom stereocenters. The zero-order valence-corrected chi connectivity index (χ0v) is 18.5. The Morgan fingerprint density at radius 1 is 1.09 bits per heavy atom. The number of carboxylic acids is 1. The Morgan fingerprint density at radius 3 is 2.66 bits per heavy atom. The second kappa shape index (κ2) is 9.90. The Balaban J connectivity index is 1.46. The molecule has 3 N–H and O–H groups in total. The van der Waals surface area contributed by atoms with Crippen molar-refractivity contribution < 1.29 is 14.6 Å². The molecule has 0 fully saturated rings. The fourth-order valence-corrected chi connectivity index (χ4v) is 3.87. The van der Waals surface area contributed by atoms with Crippen LogP contribution in [0.3, 0.4) is 0 Å². The molecule has 3 aromatic carbocycles. The van der Waals surface area contributed by atoms with Crippen molar-refractivity contribution in [3.05, 3.63) is 100 Å². The SMILES string of the molecule is Cc1ccc(COc2ccc(Cl)cc2CN[C@@H](Cc2c[nH]c3ccccc23)C(=O)O)cc1. The quantitative estimate of drug-likeness (QED) is 0.316. The minimum Gasteiger partial charge on any atom is -0.489 e. The van der Waals surface area contributed by atoms with Crippen LogP contribution in [0, 0.1) is 6.92 Å². The summed E-state index contributed by atoms with van der Waals surface area (Å²) in [5.74, 6) is -0.224. The standard InChI is InChI=1S/C26H25ClN2O3/c1-17-6-8-18(9-7-17)16-32-25-11-10-21(27)12-20(25)15-29-24(26(30)31)13-19-14-28-23-5-3-2-4-22(19)23/h2-12,14,24,28-29H,13,15-16H2,1H3,(H,30,31)/t24-/m0/s1. The monoisotopic (exact) mass is 448 g/mol. The van der Waals surface area contributed by atoms with E-state index in [1.165, 1.54) is 5.56 Å². The van der Waals surface area contributed by atoms with Crippen LogP contribution in [0.25, 0.3) is 10.9 Å². The molecule has 0 bridgehead atoms. The number of carbonyl (C=O) groups is 1. The molecule has 0 radical (unpaired) electrons. The summed E-state index contributed by atoms with van der Waals surface area (Å²) in [5.41, 5.74) is 5.03. The number of benzene rings is 3. The van der Waals surface area contributed by atoms with Crippen LogP contribution in [-0.4, -0.2) is 22.1 Å². The molecule has 0 spiro atoms. The van der Waals surface area contributed by atoms with E-state index in [9.17, 15) is 9.90 Å². The number of fused-ring (bicyclic) bond motifs is 1. The molecule has 1 atom stereocenters. The fraction of sp³-hybridized carbons (Fsp3) is 0.192. The van der Waals surface area contributed by atoms with Crippen molar-refractivity contribution >= 4 is 28.5 Å². The predicted molar refractivity (Wildman–Crippen MR) is 127 cm³/mol. The number of aromatic nitrogens is 1. The van der Waals surface area contributed by atoms with Crippen LogP contribution >= 0.6 is 11.6 Å². The van der Waals surface area contributed by atoms with Crippen molar-refractivity contribution in [3.63, 3.8) is 0 Å². The summed E-state index contributed by atoms with van der Waals surface area (Å²) in [5, 5.41) is 14.6. The smallest absolute Gasteiger partial charge is 0.321 e. The van der Waals surface area contributed by atoms with Gasteiger partial charge in [0.05, 0.1) is 0 Å². The summed E-state index contributed by atoms with van der Waals surface area (Å²) in [6.07, 6.45) is 2.23. The molecule has 0 aliphatic heterocycles. The number of hydrogen-bond acceptors (Lipinski definition) is 3. The van der Waals surface area contributed by atoms with E-state index in [-0.39, 0.29) is 0 Å². The number of carboxylic acid groups (broad SMARTS) is 1. The molecule has 1 aromatic heterocycles. The largest absolute Gasteiger partial charge is 0.489 e. The van der Waals surface area contributed by atoms with E-state index in [0.29, 0.717) is 30.3 Å². The maximum absolute atomic E-state index is 11.9. The van der Waals surface area contributed by atoms with Crippen LogP contribution in [0.1, 0.15) is 22.3 Å². The zero-order chi connectivity index (χ0) is 22.5. The third kappa shape index (κ3) is 5.31. The van der Waals surface area contributed by atoms with E-state index in [1.54, 1.807) is 6.07 Å². The van der Waals surface area contributed by atoms with Crippen molar-refractivity contribution in [1.29, 1.82) is 0 Å². The highest BCUT2D eigenvalue weighted by atomic mass is 35.5. The number of aromatic amines is 1. The van der Waals surface area contributed by atoms with Gasteiger partial charge in [-0.15, -0.1) is 0 Å². The molecular formula is C26H25ClN2O3. The first-order valence-electron chi connectivity index (χ1n) is 10.5. The van der Waals surface area contributed by atoms with Crippen molar-refractivity contribution in [2.75, 3.05) is 0 Å². The summed E-state index contributed by atoms with van der Waals surface area (Å²) >= 11 is 6.21. The third-order valence-corrected chi connectivity index (χ3v) is 5.71. The van der Waals surface area contributed by atoms with E-state index in [0.717, 1.165) is 27.6 Å². The van der Waals surface area contributed by atoms with Crippen molar-refractivity contribution in [2.45, 2.75) is 32.5 Å². The minimum atomic E-state index is -0.903. The number of ether oxygens (including phenoxy) is 1. The Labute approximate surface area is 192 Å². The second-order valence-corrected chi connectivity index (χ2v) is 8.30. The average Bonchev–Trinajstić information content (AvgIpc) is 3.19. The molecule has 0 aliphatic rings. The highest BCUT2D eigenvalue weighted by Gasteiger charge is 2.20. The van der Waals surface area contributed by atoms with Crippen molar-refractivity contribution in [1.82, 2.24) is 10.3 Å². The average molecular weight is 449 g/mol. The van der Waals surface area contributed by atoms with E-state index < -0.39 is 12.0 Å². The molecular weight excluding hydrogens is 424 g/mol. The first-order chi connectivity index (χ1) is 15.5. The van der Waals surface area contributed by atoms with Gasteiger partial charge < -0.3 is 14.8 Å². The van der Waals surface area contributed by atoms with Gasteiger partial charge in [-0.05, 0) is 42.3 Å². The normalized spacial score (nSPS) is 12.1. The summed E-state index contributed by atoms with van der Waals surface area (Å²) in [6.45, 7) is 2.79. The number of H-pyrrole nitrogens is 1. The second-order valence-electron chi connectivity index (χ2n) is 7.86. The van der Waals surface area contributed by atoms with Crippen molar-refractivity contribution in [3.8, 4) is 5.75 Å². The van der Waals surface area contributed by atoms with Crippen molar-refractivity contribution in [2.24, 2.45) is 0 Å². The fourth-order valence-electron chi connectivity index (χ4n) is 3.67. The van der Waals surface area contributed by atoms with Crippen LogP contribution in [0.2, 0.25) is 5.02 Å². The van der Waals surface area contributed by atoms with Gasteiger partial charge in [0.2, 0.25) is 0 Å². The van der Waals surface area contributed by atoms with Gasteiger partial charge >= 0.3 is 5.97 Å². The summed E-state index contributed by atoms with van der Waals surface area (Å²) in [4.78, 5) is 15.1. The van der Waals surface area contributed by atoms with Gasteiger partial charge in [0, 0.05) is 40.7 Å². The van der Waals surface area contributed by atoms with Gasteiger partial charge in [0.15, 0.2) is 0 Å². The number of halogens is 1. The molecule has 0 saturated heterocycles. The molecule has 0 amide bonds. The first kappa shape index (κ1) is 21.9. The Morgan fingerprint density at radius 2 is 1.88 bits per heavy atom. The molecule has 164 valence electrons. The third-order valence-electron chi connectivity index (χ3n) is 5.47. The molecule has 1 heterocycles.